The number of thiophene rings is 1. The van der Waals surface area contributed by atoms with Crippen LogP contribution in [0.25, 0.3) is 0 Å². The van der Waals surface area contributed by atoms with E-state index in [9.17, 15) is 4.79 Å². The van der Waals surface area contributed by atoms with Crippen molar-refractivity contribution in [3.63, 3.8) is 0 Å². The van der Waals surface area contributed by atoms with Gasteiger partial charge in [0.15, 0.2) is 0 Å². The number of hydrogen-bond acceptors (Lipinski definition) is 3. The smallest absolute Gasteiger partial charge is 0.266 e. The number of carbonyl (C=O) groups excluding carboxylic acids is 1. The molecule has 2 rings (SSSR count). The van der Waals surface area contributed by atoms with Gasteiger partial charge < -0.3 is 5.32 Å². The van der Waals surface area contributed by atoms with Crippen LogP contribution in [-0.4, -0.2) is 16.1 Å². The summed E-state index contributed by atoms with van der Waals surface area (Å²) in [6.45, 7) is 4.13. The lowest BCUT2D eigenvalue weighted by Crippen LogP contribution is -2.10. The van der Waals surface area contributed by atoms with Crippen LogP contribution in [0.15, 0.2) is 18.3 Å². The van der Waals surface area contributed by atoms with Crippen LogP contribution < -0.4 is 5.32 Å². The second-order valence-corrected chi connectivity index (χ2v) is 4.73. The van der Waals surface area contributed by atoms with Crippen LogP contribution in [-0.2, 0) is 6.42 Å². The van der Waals surface area contributed by atoms with Gasteiger partial charge in [-0.1, -0.05) is 6.92 Å². The first-order chi connectivity index (χ1) is 7.70. The fourth-order valence-electron chi connectivity index (χ4n) is 1.49. The standard InChI is InChI=1S/C11H13N3OS/c1-3-8-6-9(16-7(8)2)11(15)13-10-4-5-12-14-10/h4-6H,3H2,1-2H3,(H2,12,13,14,15). The Bertz CT molecular complexity index is 487. The Hall–Kier alpha value is -1.62. The van der Waals surface area contributed by atoms with Crippen LogP contribution in [0.2, 0.25) is 0 Å². The molecule has 2 aromatic heterocycles. The molecule has 2 heterocycles. The minimum absolute atomic E-state index is 0.0861. The molecule has 0 unspecified atom stereocenters. The molecule has 0 spiro atoms. The van der Waals surface area contributed by atoms with E-state index in [0.717, 1.165) is 11.3 Å². The SMILES string of the molecule is CCc1cc(C(=O)Nc2ccn[nH]2)sc1C. The summed E-state index contributed by atoms with van der Waals surface area (Å²) in [6.07, 6.45) is 2.56. The van der Waals surface area contributed by atoms with E-state index in [1.807, 2.05) is 13.0 Å². The van der Waals surface area contributed by atoms with Gasteiger partial charge in [0.25, 0.3) is 5.91 Å². The molecule has 0 aliphatic rings. The molecule has 0 bridgehead atoms. The molecule has 2 aromatic rings. The van der Waals surface area contributed by atoms with Crippen molar-refractivity contribution in [2.75, 3.05) is 5.32 Å². The fourth-order valence-corrected chi connectivity index (χ4v) is 2.50. The van der Waals surface area contributed by atoms with Crippen LogP contribution >= 0.6 is 11.3 Å². The Kier molecular flexibility index (Phi) is 3.05. The number of amides is 1. The predicted molar refractivity (Wildman–Crippen MR) is 65.0 cm³/mol. The summed E-state index contributed by atoms with van der Waals surface area (Å²) in [4.78, 5) is 13.8. The largest absolute Gasteiger partial charge is 0.306 e. The van der Waals surface area contributed by atoms with Crippen molar-refractivity contribution in [2.45, 2.75) is 20.3 Å². The minimum Gasteiger partial charge on any atom is -0.306 e. The summed E-state index contributed by atoms with van der Waals surface area (Å²) in [5.74, 6) is 0.533. The number of carbonyl (C=O) groups is 1. The third kappa shape index (κ3) is 2.14. The highest BCUT2D eigenvalue weighted by atomic mass is 32.1. The van der Waals surface area contributed by atoms with Gasteiger partial charge in [0.2, 0.25) is 0 Å². The maximum Gasteiger partial charge on any atom is 0.266 e. The average molecular weight is 235 g/mol. The summed E-state index contributed by atoms with van der Waals surface area (Å²) in [5.41, 5.74) is 1.24. The maximum absolute atomic E-state index is 11.8. The van der Waals surface area contributed by atoms with E-state index in [1.54, 1.807) is 12.3 Å². The summed E-state index contributed by atoms with van der Waals surface area (Å²) < 4.78 is 0. The van der Waals surface area contributed by atoms with E-state index in [0.29, 0.717) is 5.82 Å². The van der Waals surface area contributed by atoms with Gasteiger partial charge in [0, 0.05) is 10.9 Å². The summed E-state index contributed by atoms with van der Waals surface area (Å²) in [7, 11) is 0. The third-order valence-electron chi connectivity index (χ3n) is 2.37. The number of H-pyrrole nitrogens is 1. The molecule has 0 saturated heterocycles. The van der Waals surface area contributed by atoms with E-state index < -0.39 is 0 Å². The van der Waals surface area contributed by atoms with Crippen molar-refractivity contribution in [3.8, 4) is 0 Å². The van der Waals surface area contributed by atoms with Gasteiger partial charge in [-0.25, -0.2) is 0 Å². The molecular formula is C11H13N3OS. The van der Waals surface area contributed by atoms with Gasteiger partial charge in [-0.3, -0.25) is 9.89 Å². The summed E-state index contributed by atoms with van der Waals surface area (Å²) in [5, 5.41) is 9.22. The predicted octanol–water partition coefficient (Wildman–Crippen LogP) is 2.59. The topological polar surface area (TPSA) is 57.8 Å². The Labute approximate surface area is 97.7 Å². The quantitative estimate of drug-likeness (QED) is 0.859. The Balaban J connectivity index is 2.15. The molecule has 0 atom stereocenters. The molecule has 0 saturated carbocycles. The van der Waals surface area contributed by atoms with Gasteiger partial charge in [-0.2, -0.15) is 5.10 Å². The zero-order valence-electron chi connectivity index (χ0n) is 9.20. The van der Waals surface area contributed by atoms with Crippen LogP contribution in [0.1, 0.15) is 27.0 Å². The minimum atomic E-state index is -0.0861. The number of aromatic amines is 1. The molecule has 5 heteroatoms. The fraction of sp³-hybridized carbons (Fsp3) is 0.273. The number of aryl methyl sites for hydroxylation is 2. The Morgan fingerprint density at radius 1 is 1.62 bits per heavy atom. The van der Waals surface area contributed by atoms with E-state index >= 15 is 0 Å². The van der Waals surface area contributed by atoms with E-state index in [4.69, 9.17) is 0 Å². The zero-order valence-corrected chi connectivity index (χ0v) is 10.0. The Morgan fingerprint density at radius 3 is 3.00 bits per heavy atom. The highest BCUT2D eigenvalue weighted by Gasteiger charge is 2.11. The molecule has 1 amide bonds. The van der Waals surface area contributed by atoms with E-state index in [1.165, 1.54) is 21.8 Å². The van der Waals surface area contributed by atoms with Crippen molar-refractivity contribution in [2.24, 2.45) is 0 Å². The van der Waals surface area contributed by atoms with Crippen LogP contribution in [0, 0.1) is 6.92 Å². The first-order valence-corrected chi connectivity index (χ1v) is 5.92. The monoisotopic (exact) mass is 235 g/mol. The number of rotatable bonds is 3. The van der Waals surface area contributed by atoms with Crippen LogP contribution in [0.3, 0.4) is 0 Å². The molecular weight excluding hydrogens is 222 g/mol. The van der Waals surface area contributed by atoms with Crippen molar-refractivity contribution >= 4 is 23.1 Å². The van der Waals surface area contributed by atoms with Gasteiger partial charge in [-0.15, -0.1) is 11.3 Å². The van der Waals surface area contributed by atoms with Gasteiger partial charge in [-0.05, 0) is 25.0 Å². The molecule has 0 fully saturated rings. The normalized spacial score (nSPS) is 10.4. The molecule has 0 aliphatic carbocycles. The average Bonchev–Trinajstić information content (AvgIpc) is 2.87. The lowest BCUT2D eigenvalue weighted by molar-refractivity contribution is 0.103. The summed E-state index contributed by atoms with van der Waals surface area (Å²) >= 11 is 1.52. The second-order valence-electron chi connectivity index (χ2n) is 3.47. The summed E-state index contributed by atoms with van der Waals surface area (Å²) in [6, 6.07) is 3.67. The molecule has 2 N–H and O–H groups in total. The highest BCUT2D eigenvalue weighted by molar-refractivity contribution is 7.14. The molecule has 0 aromatic carbocycles. The van der Waals surface area contributed by atoms with Crippen LogP contribution in [0.5, 0.6) is 0 Å². The van der Waals surface area contributed by atoms with Gasteiger partial charge in [0.1, 0.15) is 5.82 Å². The Morgan fingerprint density at radius 2 is 2.44 bits per heavy atom. The highest BCUT2D eigenvalue weighted by Crippen LogP contribution is 2.22. The van der Waals surface area contributed by atoms with Crippen molar-refractivity contribution in [3.05, 3.63) is 33.6 Å². The first-order valence-electron chi connectivity index (χ1n) is 5.10. The second kappa shape index (κ2) is 4.49. The van der Waals surface area contributed by atoms with Crippen molar-refractivity contribution in [1.82, 2.24) is 10.2 Å². The van der Waals surface area contributed by atoms with Crippen LogP contribution in [0.4, 0.5) is 5.82 Å². The number of aromatic nitrogens is 2. The molecule has 4 nitrogen and oxygen atoms in total. The molecule has 0 radical (unpaired) electrons. The number of nitrogens with one attached hydrogen (secondary N) is 2. The number of nitrogens with zero attached hydrogens (tertiary/aromatic N) is 1. The molecule has 16 heavy (non-hydrogen) atoms. The van der Waals surface area contributed by atoms with Crippen molar-refractivity contribution < 1.29 is 4.79 Å². The van der Waals surface area contributed by atoms with E-state index in [-0.39, 0.29) is 5.91 Å². The number of hydrogen-bond donors (Lipinski definition) is 2. The van der Waals surface area contributed by atoms with Crippen molar-refractivity contribution in [1.29, 1.82) is 0 Å². The molecule has 0 aliphatic heterocycles. The number of anilines is 1. The zero-order chi connectivity index (χ0) is 11.5. The van der Waals surface area contributed by atoms with E-state index in [2.05, 4.69) is 22.4 Å². The van der Waals surface area contributed by atoms with Gasteiger partial charge >= 0.3 is 0 Å². The lowest BCUT2D eigenvalue weighted by atomic mass is 10.2. The van der Waals surface area contributed by atoms with Gasteiger partial charge in [0.05, 0.1) is 11.1 Å². The first kappa shape index (κ1) is 10.9. The molecule has 84 valence electrons. The maximum atomic E-state index is 11.8. The lowest BCUT2D eigenvalue weighted by Gasteiger charge is -1.98. The third-order valence-corrected chi connectivity index (χ3v) is 3.47.